The molecule has 0 fully saturated rings. The van der Waals surface area contributed by atoms with E-state index >= 15 is 0 Å². The van der Waals surface area contributed by atoms with E-state index in [0.29, 0.717) is 21.9 Å². The van der Waals surface area contributed by atoms with Crippen LogP contribution in [-0.4, -0.2) is 36.1 Å². The molecule has 0 saturated heterocycles. The molecule has 0 saturated carbocycles. The number of aryl methyl sites for hydroxylation is 1. The molecule has 5 nitrogen and oxygen atoms in total. The van der Waals surface area contributed by atoms with Crippen molar-refractivity contribution in [2.45, 2.75) is 25.1 Å². The summed E-state index contributed by atoms with van der Waals surface area (Å²) in [5.41, 5.74) is -2.14. The van der Waals surface area contributed by atoms with E-state index in [1.807, 2.05) is 0 Å². The summed E-state index contributed by atoms with van der Waals surface area (Å²) in [6.45, 7) is 1.23. The van der Waals surface area contributed by atoms with Gasteiger partial charge in [-0.3, -0.25) is 4.79 Å². The van der Waals surface area contributed by atoms with E-state index in [1.54, 1.807) is 24.3 Å². The van der Waals surface area contributed by atoms with Crippen molar-refractivity contribution in [1.29, 1.82) is 0 Å². The van der Waals surface area contributed by atoms with Crippen LogP contribution >= 0.6 is 0 Å². The number of alkyl halides is 3. The van der Waals surface area contributed by atoms with Crippen LogP contribution in [0.1, 0.15) is 33.5 Å². The molecule has 3 aromatic rings. The van der Waals surface area contributed by atoms with Crippen molar-refractivity contribution in [1.82, 2.24) is 5.32 Å². The molecule has 0 bridgehead atoms. The lowest BCUT2D eigenvalue weighted by atomic mass is 9.84. The standard InChI is InChI=1S/C24H20F4N2O3/c1-14-12-15(6-9-20(14)25)23(24(26,27)28)13-21(30-33-23)18-7-8-19(22(32)29-10-11-31)17-5-3-2-4-16(17)18/h2-9,12,31H,10-11,13H2,1H3,(H,29,32). The fourth-order valence-electron chi connectivity index (χ4n) is 3.96. The van der Waals surface area contributed by atoms with Gasteiger partial charge in [0.2, 0.25) is 0 Å². The number of rotatable bonds is 5. The second-order valence-corrected chi connectivity index (χ2v) is 7.78. The lowest BCUT2D eigenvalue weighted by molar-refractivity contribution is -0.275. The maximum atomic E-state index is 14.3. The fraction of sp³-hybridized carbons (Fsp3) is 0.250. The summed E-state index contributed by atoms with van der Waals surface area (Å²) in [4.78, 5) is 17.5. The van der Waals surface area contributed by atoms with Crippen LogP contribution < -0.4 is 5.32 Å². The van der Waals surface area contributed by atoms with Crippen molar-refractivity contribution in [3.05, 3.63) is 82.7 Å². The summed E-state index contributed by atoms with van der Waals surface area (Å²) in [5.74, 6) is -1.03. The topological polar surface area (TPSA) is 70.9 Å². The Kier molecular flexibility index (Phi) is 5.84. The summed E-state index contributed by atoms with van der Waals surface area (Å²) in [6.07, 6.45) is -5.43. The molecule has 1 aliphatic rings. The maximum Gasteiger partial charge on any atom is 0.435 e. The molecule has 1 unspecified atom stereocenters. The van der Waals surface area contributed by atoms with Crippen molar-refractivity contribution in [3.63, 3.8) is 0 Å². The van der Waals surface area contributed by atoms with Gasteiger partial charge in [0, 0.05) is 29.7 Å². The summed E-state index contributed by atoms with van der Waals surface area (Å²) >= 11 is 0. The minimum atomic E-state index is -4.82. The number of amides is 1. The molecule has 1 atom stereocenters. The van der Waals surface area contributed by atoms with Crippen molar-refractivity contribution < 1.29 is 32.3 Å². The predicted molar refractivity (Wildman–Crippen MR) is 114 cm³/mol. The van der Waals surface area contributed by atoms with Crippen molar-refractivity contribution in [3.8, 4) is 0 Å². The molecule has 9 heteroatoms. The van der Waals surface area contributed by atoms with Gasteiger partial charge < -0.3 is 15.3 Å². The first kappa shape index (κ1) is 22.7. The van der Waals surface area contributed by atoms with E-state index in [2.05, 4.69) is 10.5 Å². The van der Waals surface area contributed by atoms with E-state index in [-0.39, 0.29) is 30.0 Å². The molecule has 33 heavy (non-hydrogen) atoms. The Morgan fingerprint density at radius 3 is 2.55 bits per heavy atom. The Morgan fingerprint density at radius 1 is 1.15 bits per heavy atom. The zero-order valence-corrected chi connectivity index (χ0v) is 17.5. The molecule has 1 amide bonds. The maximum absolute atomic E-state index is 14.3. The van der Waals surface area contributed by atoms with Crippen LogP contribution in [0.3, 0.4) is 0 Å². The molecule has 4 rings (SSSR count). The van der Waals surface area contributed by atoms with Gasteiger partial charge in [0.05, 0.1) is 12.3 Å². The Labute approximate surface area is 186 Å². The predicted octanol–water partition coefficient (Wildman–Crippen LogP) is 4.59. The summed E-state index contributed by atoms with van der Waals surface area (Å²) in [5, 5.41) is 16.4. The quantitative estimate of drug-likeness (QED) is 0.547. The van der Waals surface area contributed by atoms with Crippen molar-refractivity contribution >= 4 is 22.4 Å². The Hall–Kier alpha value is -3.46. The zero-order valence-electron chi connectivity index (χ0n) is 17.5. The number of oxime groups is 1. The van der Waals surface area contributed by atoms with E-state index < -0.39 is 29.9 Å². The van der Waals surface area contributed by atoms with Gasteiger partial charge in [0.25, 0.3) is 11.5 Å². The number of hydrogen-bond acceptors (Lipinski definition) is 4. The second kappa shape index (κ2) is 8.47. The molecule has 1 aliphatic heterocycles. The minimum Gasteiger partial charge on any atom is -0.395 e. The minimum absolute atomic E-state index is 0.0628. The largest absolute Gasteiger partial charge is 0.435 e. The van der Waals surface area contributed by atoms with Crippen LogP contribution in [0.4, 0.5) is 17.6 Å². The normalized spacial score (nSPS) is 18.2. The number of halogens is 4. The van der Waals surface area contributed by atoms with Gasteiger partial charge in [0.1, 0.15) is 5.82 Å². The highest BCUT2D eigenvalue weighted by Crippen LogP contribution is 2.49. The third-order valence-electron chi connectivity index (χ3n) is 5.69. The summed E-state index contributed by atoms with van der Waals surface area (Å²) < 4.78 is 56.5. The summed E-state index contributed by atoms with van der Waals surface area (Å²) in [6, 6.07) is 13.0. The van der Waals surface area contributed by atoms with Gasteiger partial charge in [-0.2, -0.15) is 13.2 Å². The van der Waals surface area contributed by atoms with Gasteiger partial charge in [-0.25, -0.2) is 4.39 Å². The molecule has 3 aromatic carbocycles. The molecular formula is C24H20F4N2O3. The molecule has 1 heterocycles. The molecule has 0 radical (unpaired) electrons. The van der Waals surface area contributed by atoms with Crippen molar-refractivity contribution in [2.24, 2.45) is 5.16 Å². The first-order valence-corrected chi connectivity index (χ1v) is 10.2. The Bertz CT molecular complexity index is 1260. The first-order valence-electron chi connectivity index (χ1n) is 10.2. The molecule has 0 aromatic heterocycles. The molecule has 0 spiro atoms. The van der Waals surface area contributed by atoms with E-state index in [1.165, 1.54) is 19.1 Å². The number of carbonyl (C=O) groups is 1. The third-order valence-corrected chi connectivity index (χ3v) is 5.69. The highest BCUT2D eigenvalue weighted by Gasteiger charge is 2.62. The van der Waals surface area contributed by atoms with Crippen LogP contribution in [-0.2, 0) is 10.4 Å². The fourth-order valence-corrected chi connectivity index (χ4v) is 3.96. The average molecular weight is 460 g/mol. The van der Waals surface area contributed by atoms with Gasteiger partial charge in [-0.15, -0.1) is 0 Å². The number of carbonyl (C=O) groups excluding carboxylic acids is 1. The number of aliphatic hydroxyl groups excluding tert-OH is 1. The third kappa shape index (κ3) is 3.93. The number of nitrogens with one attached hydrogen (secondary N) is 1. The van der Waals surface area contributed by atoms with Crippen LogP contribution in [0.25, 0.3) is 10.8 Å². The average Bonchev–Trinajstić information content (AvgIpc) is 3.25. The molecular weight excluding hydrogens is 440 g/mol. The molecule has 2 N–H and O–H groups in total. The van der Waals surface area contributed by atoms with E-state index in [0.717, 1.165) is 18.2 Å². The smallest absolute Gasteiger partial charge is 0.395 e. The number of aliphatic hydroxyl groups is 1. The lowest BCUT2D eigenvalue weighted by Gasteiger charge is -2.29. The Morgan fingerprint density at radius 2 is 1.88 bits per heavy atom. The monoisotopic (exact) mass is 460 g/mol. The van der Waals surface area contributed by atoms with Crippen LogP contribution in [0, 0.1) is 12.7 Å². The highest BCUT2D eigenvalue weighted by atomic mass is 19.4. The number of hydrogen-bond donors (Lipinski definition) is 2. The van der Waals surface area contributed by atoms with Gasteiger partial charge in [-0.05, 0) is 41.5 Å². The lowest BCUT2D eigenvalue weighted by Crippen LogP contribution is -2.42. The van der Waals surface area contributed by atoms with Gasteiger partial charge >= 0.3 is 6.18 Å². The number of benzene rings is 3. The van der Waals surface area contributed by atoms with Gasteiger partial charge in [-0.1, -0.05) is 41.6 Å². The highest BCUT2D eigenvalue weighted by molar-refractivity contribution is 6.16. The van der Waals surface area contributed by atoms with E-state index in [9.17, 15) is 22.4 Å². The molecule has 0 aliphatic carbocycles. The van der Waals surface area contributed by atoms with Crippen LogP contribution in [0.5, 0.6) is 0 Å². The second-order valence-electron chi connectivity index (χ2n) is 7.78. The first-order chi connectivity index (χ1) is 15.7. The van der Waals surface area contributed by atoms with Gasteiger partial charge in [0.15, 0.2) is 0 Å². The number of nitrogens with zero attached hydrogens (tertiary/aromatic N) is 1. The SMILES string of the molecule is Cc1cc(C2(C(F)(F)F)CC(c3ccc(C(=O)NCCO)c4ccccc34)=NO2)ccc1F. The number of fused-ring (bicyclic) bond motifs is 1. The zero-order chi connectivity index (χ0) is 23.8. The van der Waals surface area contributed by atoms with Crippen LogP contribution in [0.2, 0.25) is 0 Å². The van der Waals surface area contributed by atoms with Crippen molar-refractivity contribution in [2.75, 3.05) is 13.2 Å². The van der Waals surface area contributed by atoms with Crippen LogP contribution in [0.15, 0.2) is 59.8 Å². The van der Waals surface area contributed by atoms with E-state index in [4.69, 9.17) is 9.94 Å². The molecule has 172 valence electrons. The Balaban J connectivity index is 1.77. The summed E-state index contributed by atoms with van der Waals surface area (Å²) in [7, 11) is 0.